The molecule has 0 bridgehead atoms. The van der Waals surface area contributed by atoms with Crippen molar-refractivity contribution < 1.29 is 9.47 Å². The quantitative estimate of drug-likeness (QED) is 0.787. The molecule has 0 atom stereocenters. The molecule has 4 nitrogen and oxygen atoms in total. The van der Waals surface area contributed by atoms with Crippen LogP contribution in [0, 0.1) is 6.20 Å². The zero-order valence-electron chi connectivity index (χ0n) is 9.52. The maximum atomic E-state index is 5.20. The Balaban J connectivity index is 2.47. The Morgan fingerprint density at radius 1 is 1.12 bits per heavy atom. The molecule has 1 aromatic carbocycles. The number of ether oxygens (including phenoxy) is 2. The van der Waals surface area contributed by atoms with E-state index in [-0.39, 0.29) is 0 Å². The molecular weight excluding hydrogens is 204 g/mol. The first-order valence-corrected chi connectivity index (χ1v) is 4.88. The molecule has 2 rings (SSSR count). The summed E-state index contributed by atoms with van der Waals surface area (Å²) in [5.74, 6) is 1.50. The number of aryl methyl sites for hydroxylation is 1. The molecule has 4 heteroatoms. The molecule has 0 saturated carbocycles. The van der Waals surface area contributed by atoms with Gasteiger partial charge in [-0.25, -0.2) is 0 Å². The lowest BCUT2D eigenvalue weighted by Crippen LogP contribution is -1.91. The number of nitrogens with zero attached hydrogens (tertiary/aromatic N) is 2. The van der Waals surface area contributed by atoms with Gasteiger partial charge < -0.3 is 9.47 Å². The van der Waals surface area contributed by atoms with E-state index in [0.29, 0.717) is 0 Å². The minimum Gasteiger partial charge on any atom is -0.497 e. The first kappa shape index (κ1) is 10.5. The second-order valence-electron chi connectivity index (χ2n) is 3.38. The summed E-state index contributed by atoms with van der Waals surface area (Å²) in [5, 5.41) is 4.28. The van der Waals surface area contributed by atoms with Crippen molar-refractivity contribution in [3.63, 3.8) is 0 Å². The van der Waals surface area contributed by atoms with Crippen molar-refractivity contribution in [1.29, 1.82) is 0 Å². The molecule has 0 aliphatic rings. The van der Waals surface area contributed by atoms with Crippen LogP contribution in [0.2, 0.25) is 0 Å². The second-order valence-corrected chi connectivity index (χ2v) is 3.38. The lowest BCUT2D eigenvalue weighted by Gasteiger charge is -2.06. The molecule has 83 valence electrons. The van der Waals surface area contributed by atoms with E-state index in [4.69, 9.17) is 9.47 Å². The van der Waals surface area contributed by atoms with Gasteiger partial charge in [0.25, 0.3) is 0 Å². The molecular formula is C12H13N2O2. The van der Waals surface area contributed by atoms with Gasteiger partial charge in [0.2, 0.25) is 0 Å². The fourth-order valence-electron chi connectivity index (χ4n) is 1.47. The molecule has 0 fully saturated rings. The summed E-state index contributed by atoms with van der Waals surface area (Å²) in [4.78, 5) is 0. The van der Waals surface area contributed by atoms with Crippen LogP contribution < -0.4 is 9.47 Å². The number of aromatic nitrogens is 2. The van der Waals surface area contributed by atoms with E-state index in [0.717, 1.165) is 22.8 Å². The van der Waals surface area contributed by atoms with Crippen LogP contribution in [-0.4, -0.2) is 24.0 Å². The third kappa shape index (κ3) is 2.00. The van der Waals surface area contributed by atoms with E-state index in [1.165, 1.54) is 0 Å². The van der Waals surface area contributed by atoms with Crippen molar-refractivity contribution in [1.82, 2.24) is 9.78 Å². The van der Waals surface area contributed by atoms with E-state index >= 15 is 0 Å². The monoisotopic (exact) mass is 217 g/mol. The van der Waals surface area contributed by atoms with E-state index < -0.39 is 0 Å². The standard InChI is InChI=1S/C12H13N2O2/c1-14-5-4-12(13-14)9-6-10(15-2)8-11(7-9)16-3/h4,6-8H,1-3H3. The molecule has 0 amide bonds. The third-order valence-corrected chi connectivity index (χ3v) is 2.29. The summed E-state index contributed by atoms with van der Waals surface area (Å²) >= 11 is 0. The largest absolute Gasteiger partial charge is 0.497 e. The van der Waals surface area contributed by atoms with Crippen molar-refractivity contribution in [3.05, 3.63) is 30.5 Å². The number of benzene rings is 1. The zero-order valence-corrected chi connectivity index (χ0v) is 9.52. The molecule has 0 aliphatic heterocycles. The number of rotatable bonds is 3. The first-order chi connectivity index (χ1) is 7.72. The fraction of sp³-hybridized carbons (Fsp3) is 0.250. The highest BCUT2D eigenvalue weighted by Crippen LogP contribution is 2.28. The van der Waals surface area contributed by atoms with Crippen molar-refractivity contribution >= 4 is 0 Å². The Hall–Kier alpha value is -1.97. The second kappa shape index (κ2) is 4.26. The predicted molar refractivity (Wildman–Crippen MR) is 60.6 cm³/mol. The molecule has 1 aromatic heterocycles. The van der Waals surface area contributed by atoms with Gasteiger partial charge in [0, 0.05) is 18.7 Å². The molecule has 0 unspecified atom stereocenters. The molecule has 0 aliphatic carbocycles. The molecule has 1 heterocycles. The van der Waals surface area contributed by atoms with Crippen molar-refractivity contribution in [2.45, 2.75) is 0 Å². The van der Waals surface area contributed by atoms with Crippen LogP contribution in [0.1, 0.15) is 0 Å². The van der Waals surface area contributed by atoms with Crippen LogP contribution in [0.3, 0.4) is 0 Å². The normalized spacial score (nSPS) is 10.2. The minimum absolute atomic E-state index is 0.750. The van der Waals surface area contributed by atoms with Crippen LogP contribution in [0.5, 0.6) is 11.5 Å². The average Bonchev–Trinajstić information content (AvgIpc) is 2.75. The minimum atomic E-state index is 0.750. The predicted octanol–water partition coefficient (Wildman–Crippen LogP) is 1.90. The molecule has 0 N–H and O–H groups in total. The summed E-state index contributed by atoms with van der Waals surface area (Å²) < 4.78 is 12.0. The molecule has 1 radical (unpaired) electrons. The van der Waals surface area contributed by atoms with Crippen LogP contribution >= 0.6 is 0 Å². The van der Waals surface area contributed by atoms with Crippen molar-refractivity contribution in [2.75, 3.05) is 14.2 Å². The summed E-state index contributed by atoms with van der Waals surface area (Å²) in [5.41, 5.74) is 1.80. The number of methoxy groups -OCH3 is 2. The van der Waals surface area contributed by atoms with E-state index in [1.807, 2.05) is 31.3 Å². The maximum Gasteiger partial charge on any atom is 0.123 e. The van der Waals surface area contributed by atoms with Gasteiger partial charge in [-0.15, -0.1) is 0 Å². The summed E-state index contributed by atoms with van der Waals surface area (Å²) in [6, 6.07) is 7.49. The SMILES string of the molecule is COc1cc(OC)cc(-c2c[c]n(C)n2)c1. The van der Waals surface area contributed by atoms with Crippen LogP contribution in [-0.2, 0) is 7.05 Å². The highest BCUT2D eigenvalue weighted by atomic mass is 16.5. The summed E-state index contributed by atoms with van der Waals surface area (Å²) in [6.45, 7) is 0. The Labute approximate surface area is 94.4 Å². The highest BCUT2D eigenvalue weighted by Gasteiger charge is 2.06. The van der Waals surface area contributed by atoms with Crippen molar-refractivity contribution in [2.24, 2.45) is 7.05 Å². The van der Waals surface area contributed by atoms with E-state index in [1.54, 1.807) is 18.9 Å². The van der Waals surface area contributed by atoms with Crippen LogP contribution in [0.25, 0.3) is 11.3 Å². The van der Waals surface area contributed by atoms with Gasteiger partial charge in [0.15, 0.2) is 0 Å². The van der Waals surface area contributed by atoms with Gasteiger partial charge in [-0.1, -0.05) is 0 Å². The first-order valence-electron chi connectivity index (χ1n) is 4.88. The Bertz CT molecular complexity index is 469. The molecule has 0 spiro atoms. The van der Waals surface area contributed by atoms with Crippen LogP contribution in [0.15, 0.2) is 24.3 Å². The van der Waals surface area contributed by atoms with Gasteiger partial charge in [-0.2, -0.15) is 5.10 Å². The molecule has 2 aromatic rings. The van der Waals surface area contributed by atoms with Gasteiger partial charge in [-0.05, 0) is 18.2 Å². The molecule has 0 saturated heterocycles. The average molecular weight is 217 g/mol. The maximum absolute atomic E-state index is 5.20. The van der Waals surface area contributed by atoms with Gasteiger partial charge in [0.05, 0.1) is 26.1 Å². The Kier molecular flexibility index (Phi) is 2.81. The molecule has 16 heavy (non-hydrogen) atoms. The third-order valence-electron chi connectivity index (χ3n) is 2.29. The van der Waals surface area contributed by atoms with E-state index in [2.05, 4.69) is 11.3 Å². The lowest BCUT2D eigenvalue weighted by molar-refractivity contribution is 0.394. The van der Waals surface area contributed by atoms with Gasteiger partial charge in [-0.3, -0.25) is 4.68 Å². The van der Waals surface area contributed by atoms with E-state index in [9.17, 15) is 0 Å². The summed E-state index contributed by atoms with van der Waals surface area (Å²) in [6.07, 6.45) is 2.97. The summed E-state index contributed by atoms with van der Waals surface area (Å²) in [7, 11) is 5.09. The zero-order chi connectivity index (χ0) is 11.5. The number of hydrogen-bond donors (Lipinski definition) is 0. The van der Waals surface area contributed by atoms with Gasteiger partial charge in [0.1, 0.15) is 11.5 Å². The van der Waals surface area contributed by atoms with Crippen molar-refractivity contribution in [3.8, 4) is 22.8 Å². The lowest BCUT2D eigenvalue weighted by atomic mass is 10.1. The van der Waals surface area contributed by atoms with Gasteiger partial charge >= 0.3 is 0 Å². The van der Waals surface area contributed by atoms with Crippen LogP contribution in [0.4, 0.5) is 0 Å². The fourth-order valence-corrected chi connectivity index (χ4v) is 1.47. The Morgan fingerprint density at radius 2 is 1.75 bits per heavy atom. The Morgan fingerprint density at radius 3 is 2.19 bits per heavy atom. The smallest absolute Gasteiger partial charge is 0.123 e. The topological polar surface area (TPSA) is 36.3 Å². The highest BCUT2D eigenvalue weighted by molar-refractivity contribution is 5.63. The number of hydrogen-bond acceptors (Lipinski definition) is 3.